The van der Waals surface area contributed by atoms with Crippen LogP contribution in [0.5, 0.6) is 0 Å². The van der Waals surface area contributed by atoms with E-state index in [4.69, 9.17) is 21.4 Å². The van der Waals surface area contributed by atoms with Crippen molar-refractivity contribution in [2.75, 3.05) is 33.3 Å². The average Bonchev–Trinajstić information content (AvgIpc) is 2.97. The third-order valence-corrected chi connectivity index (χ3v) is 7.72. The number of hydrogen-bond donors (Lipinski definition) is 3. The van der Waals surface area contributed by atoms with E-state index < -0.39 is 6.09 Å². The molecule has 8 heteroatoms. The van der Waals surface area contributed by atoms with Gasteiger partial charge in [0.05, 0.1) is 12.7 Å². The van der Waals surface area contributed by atoms with Crippen LogP contribution in [0.4, 0.5) is 4.79 Å². The van der Waals surface area contributed by atoms with E-state index >= 15 is 0 Å². The summed E-state index contributed by atoms with van der Waals surface area (Å²) in [6.45, 7) is 4.46. The van der Waals surface area contributed by atoms with Gasteiger partial charge in [-0.05, 0) is 66.8 Å². The number of carboxylic acid groups (broad SMARTS) is 1. The van der Waals surface area contributed by atoms with Crippen molar-refractivity contribution in [1.29, 1.82) is 0 Å². The third-order valence-electron chi connectivity index (χ3n) is 7.41. The molecule has 2 atom stereocenters. The number of nitrogens with one attached hydrogen (secondary N) is 2. The molecule has 0 spiro atoms. The second-order valence-electron chi connectivity index (χ2n) is 10.2. The quantitative estimate of drug-likeness (QED) is 0.243. The van der Waals surface area contributed by atoms with E-state index in [0.717, 1.165) is 48.1 Å². The summed E-state index contributed by atoms with van der Waals surface area (Å²) >= 11 is 6.83. The van der Waals surface area contributed by atoms with Crippen molar-refractivity contribution in [3.8, 4) is 11.1 Å². The molecule has 0 saturated carbocycles. The molecule has 0 bridgehead atoms. The van der Waals surface area contributed by atoms with Gasteiger partial charge in [-0.2, -0.15) is 0 Å². The molecule has 4 rings (SSSR count). The number of halogens is 1. The van der Waals surface area contributed by atoms with Crippen molar-refractivity contribution in [1.82, 2.24) is 15.5 Å². The highest BCUT2D eigenvalue weighted by atomic mass is 35.5. The molecular formula is C32H38ClN3O4. The number of aryl methyl sites for hydroxylation is 1. The fourth-order valence-corrected chi connectivity index (χ4v) is 5.74. The normalized spacial score (nSPS) is 16.0. The van der Waals surface area contributed by atoms with Gasteiger partial charge < -0.3 is 25.4 Å². The van der Waals surface area contributed by atoms with Crippen LogP contribution < -0.4 is 10.6 Å². The zero-order chi connectivity index (χ0) is 28.5. The molecule has 3 aromatic carbocycles. The smallest absolute Gasteiger partial charge is 0.404 e. The number of amides is 2. The standard InChI is InChI=1S/C32H38ClN3O4/c1-3-22-7-4-8-25(19-22)29-27(10-5-11-28(29)33)30(40-18-16-35-32(38)39)26-9-6-17-36(21-26)31(37)24-14-12-23(13-15-24)20-34-2/h4-5,7-8,10-15,19,26,30,34-35H,3,6,9,16-18,20-21H2,1-2H3,(H,38,39). The number of carbonyl (C=O) groups excluding carboxylic acids is 1. The molecule has 1 heterocycles. The van der Waals surface area contributed by atoms with Crippen LogP contribution in [0, 0.1) is 5.92 Å². The van der Waals surface area contributed by atoms with E-state index in [9.17, 15) is 9.59 Å². The van der Waals surface area contributed by atoms with Gasteiger partial charge in [-0.15, -0.1) is 0 Å². The van der Waals surface area contributed by atoms with Gasteiger partial charge in [-0.25, -0.2) is 4.79 Å². The molecule has 212 valence electrons. The number of likely N-dealkylation sites (tertiary alicyclic amines) is 1. The molecule has 1 aliphatic heterocycles. The Hall–Kier alpha value is -3.39. The fourth-order valence-electron chi connectivity index (χ4n) is 5.45. The number of ether oxygens (including phenoxy) is 1. The van der Waals surface area contributed by atoms with Crippen LogP contribution in [0.1, 0.15) is 52.9 Å². The van der Waals surface area contributed by atoms with Crippen molar-refractivity contribution in [2.24, 2.45) is 5.92 Å². The average molecular weight is 564 g/mol. The summed E-state index contributed by atoms with van der Waals surface area (Å²) in [5.74, 6) is 0.0200. The molecule has 1 fully saturated rings. The second kappa shape index (κ2) is 14.3. The monoisotopic (exact) mass is 563 g/mol. The Balaban J connectivity index is 1.64. The summed E-state index contributed by atoms with van der Waals surface area (Å²) in [5, 5.41) is 15.2. The van der Waals surface area contributed by atoms with Crippen LogP contribution in [-0.4, -0.2) is 55.3 Å². The van der Waals surface area contributed by atoms with E-state index in [1.165, 1.54) is 5.56 Å². The largest absolute Gasteiger partial charge is 0.465 e. The Morgan fingerprint density at radius 3 is 2.60 bits per heavy atom. The summed E-state index contributed by atoms with van der Waals surface area (Å²) in [4.78, 5) is 26.4. The highest BCUT2D eigenvalue weighted by Crippen LogP contribution is 2.41. The first-order valence-electron chi connectivity index (χ1n) is 13.9. The Morgan fingerprint density at radius 1 is 1.10 bits per heavy atom. The van der Waals surface area contributed by atoms with Crippen LogP contribution in [0.3, 0.4) is 0 Å². The van der Waals surface area contributed by atoms with Crippen LogP contribution in [0.15, 0.2) is 66.7 Å². The van der Waals surface area contributed by atoms with Crippen molar-refractivity contribution in [2.45, 2.75) is 38.8 Å². The molecule has 2 amide bonds. The number of piperidine rings is 1. The lowest BCUT2D eigenvalue weighted by atomic mass is 9.84. The maximum absolute atomic E-state index is 13.5. The summed E-state index contributed by atoms with van der Waals surface area (Å²) < 4.78 is 6.44. The molecule has 0 radical (unpaired) electrons. The summed E-state index contributed by atoms with van der Waals surface area (Å²) in [5.41, 5.74) is 5.89. The molecule has 1 aliphatic rings. The van der Waals surface area contributed by atoms with E-state index in [1.54, 1.807) is 0 Å². The van der Waals surface area contributed by atoms with Gasteiger partial charge in [0.2, 0.25) is 0 Å². The number of rotatable bonds is 11. The number of benzene rings is 3. The molecular weight excluding hydrogens is 526 g/mol. The Kier molecular flexibility index (Phi) is 10.6. The molecule has 40 heavy (non-hydrogen) atoms. The lowest BCUT2D eigenvalue weighted by Gasteiger charge is -2.38. The van der Waals surface area contributed by atoms with Gasteiger partial charge in [0, 0.05) is 48.2 Å². The molecule has 0 aromatic heterocycles. The van der Waals surface area contributed by atoms with Crippen LogP contribution in [0.2, 0.25) is 5.02 Å². The topological polar surface area (TPSA) is 90.9 Å². The Bertz CT molecular complexity index is 1300. The summed E-state index contributed by atoms with van der Waals surface area (Å²) in [6.07, 6.45) is 1.17. The Morgan fingerprint density at radius 2 is 1.88 bits per heavy atom. The van der Waals surface area contributed by atoms with Crippen LogP contribution >= 0.6 is 11.6 Å². The molecule has 7 nitrogen and oxygen atoms in total. The van der Waals surface area contributed by atoms with E-state index in [1.807, 2.05) is 60.5 Å². The first-order chi connectivity index (χ1) is 19.4. The SMILES string of the molecule is CCc1cccc(-c2c(Cl)cccc2C(OCCNC(=O)O)C2CCCN(C(=O)c3ccc(CNC)cc3)C2)c1. The van der Waals surface area contributed by atoms with E-state index in [2.05, 4.69) is 35.8 Å². The molecule has 3 N–H and O–H groups in total. The molecule has 2 unspecified atom stereocenters. The lowest BCUT2D eigenvalue weighted by Crippen LogP contribution is -2.42. The maximum Gasteiger partial charge on any atom is 0.404 e. The summed E-state index contributed by atoms with van der Waals surface area (Å²) in [6, 6.07) is 21.9. The predicted octanol–water partition coefficient (Wildman–Crippen LogP) is 6.17. The van der Waals surface area contributed by atoms with Gasteiger partial charge in [0.15, 0.2) is 0 Å². The van der Waals surface area contributed by atoms with Crippen molar-refractivity contribution in [3.63, 3.8) is 0 Å². The minimum Gasteiger partial charge on any atom is -0.465 e. The molecule has 0 aliphatic carbocycles. The predicted molar refractivity (Wildman–Crippen MR) is 159 cm³/mol. The van der Waals surface area contributed by atoms with Gasteiger partial charge >= 0.3 is 6.09 Å². The molecule has 1 saturated heterocycles. The second-order valence-corrected chi connectivity index (χ2v) is 10.6. The minimum atomic E-state index is -1.09. The van der Waals surface area contributed by atoms with Crippen LogP contribution in [0.25, 0.3) is 11.1 Å². The zero-order valence-corrected chi connectivity index (χ0v) is 23.9. The summed E-state index contributed by atoms with van der Waals surface area (Å²) in [7, 11) is 1.90. The molecule has 3 aromatic rings. The van der Waals surface area contributed by atoms with Gasteiger partial charge in [0.25, 0.3) is 5.91 Å². The van der Waals surface area contributed by atoms with Gasteiger partial charge in [-0.1, -0.05) is 67.1 Å². The van der Waals surface area contributed by atoms with Gasteiger partial charge in [-0.3, -0.25) is 4.79 Å². The fraction of sp³-hybridized carbons (Fsp3) is 0.375. The third kappa shape index (κ3) is 7.42. The number of hydrogen-bond acceptors (Lipinski definition) is 4. The van der Waals surface area contributed by atoms with Crippen molar-refractivity contribution < 1.29 is 19.4 Å². The van der Waals surface area contributed by atoms with E-state index in [-0.39, 0.29) is 31.1 Å². The lowest BCUT2D eigenvalue weighted by molar-refractivity contribution is -0.0114. The maximum atomic E-state index is 13.5. The van der Waals surface area contributed by atoms with Gasteiger partial charge in [0.1, 0.15) is 0 Å². The zero-order valence-electron chi connectivity index (χ0n) is 23.2. The highest BCUT2D eigenvalue weighted by Gasteiger charge is 2.33. The van der Waals surface area contributed by atoms with Crippen molar-refractivity contribution in [3.05, 3.63) is 94.0 Å². The minimum absolute atomic E-state index is 0.00830. The van der Waals surface area contributed by atoms with E-state index in [0.29, 0.717) is 23.7 Å². The number of nitrogens with zero attached hydrogens (tertiary/aromatic N) is 1. The van der Waals surface area contributed by atoms with Crippen LogP contribution in [-0.2, 0) is 17.7 Å². The van der Waals surface area contributed by atoms with Crippen molar-refractivity contribution >= 4 is 23.6 Å². The first kappa shape index (κ1) is 29.6. The number of carbonyl (C=O) groups is 2. The first-order valence-corrected chi connectivity index (χ1v) is 14.3. The highest BCUT2D eigenvalue weighted by molar-refractivity contribution is 6.33. The Labute approximate surface area is 241 Å².